The van der Waals surface area contributed by atoms with Gasteiger partial charge in [0.15, 0.2) is 5.96 Å². The zero-order chi connectivity index (χ0) is 18.2. The van der Waals surface area contributed by atoms with Crippen LogP contribution in [0, 0.1) is 13.8 Å². The lowest BCUT2D eigenvalue weighted by Gasteiger charge is -2.33. The molecule has 1 fully saturated rings. The highest BCUT2D eigenvalue weighted by molar-refractivity contribution is 7.11. The lowest BCUT2D eigenvalue weighted by atomic mass is 10.0. The normalized spacial score (nSPS) is 18.3. The molecule has 2 rings (SSSR count). The number of hydrogen-bond acceptors (Lipinski definition) is 4. The first-order chi connectivity index (χ1) is 12.0. The number of aryl methyl sites for hydroxylation is 2. The van der Waals surface area contributed by atoms with Gasteiger partial charge in [0.2, 0.25) is 5.91 Å². The first kappa shape index (κ1) is 19.7. The number of hydrogen-bond donors (Lipinski definition) is 2. The summed E-state index contributed by atoms with van der Waals surface area (Å²) in [6.45, 7) is 11.1. The molecule has 0 bridgehead atoms. The van der Waals surface area contributed by atoms with E-state index in [0.717, 1.165) is 42.6 Å². The van der Waals surface area contributed by atoms with E-state index in [1.165, 1.54) is 11.3 Å². The molecule has 1 aromatic rings. The van der Waals surface area contributed by atoms with Crippen LogP contribution in [0.5, 0.6) is 0 Å². The number of likely N-dealkylation sites (tertiary alicyclic amines) is 1. The van der Waals surface area contributed by atoms with Gasteiger partial charge >= 0.3 is 0 Å². The predicted molar refractivity (Wildman–Crippen MR) is 104 cm³/mol. The van der Waals surface area contributed by atoms with E-state index in [4.69, 9.17) is 0 Å². The molecule has 0 saturated carbocycles. The molecule has 2 N–H and O–H groups in total. The Morgan fingerprint density at radius 3 is 2.80 bits per heavy atom. The molecular formula is C18H31N5OS. The molecule has 0 radical (unpaired) electrons. The SMILES string of the molecule is CCNC(=NCc1nc(C)c(C)s1)NCCC(=O)N1CCCCC1C. The third kappa shape index (κ3) is 5.99. The van der Waals surface area contributed by atoms with Crippen molar-refractivity contribution in [1.82, 2.24) is 20.5 Å². The molecule has 1 unspecified atom stereocenters. The third-order valence-corrected chi connectivity index (χ3v) is 5.60. The van der Waals surface area contributed by atoms with Crippen molar-refractivity contribution in [3.63, 3.8) is 0 Å². The van der Waals surface area contributed by atoms with Crippen LogP contribution in [0.15, 0.2) is 4.99 Å². The fraction of sp³-hybridized carbons (Fsp3) is 0.722. The second kappa shape index (κ2) is 9.75. The van der Waals surface area contributed by atoms with Crippen LogP contribution in [0.4, 0.5) is 0 Å². The minimum absolute atomic E-state index is 0.238. The molecule has 140 valence electrons. The van der Waals surface area contributed by atoms with Crippen LogP contribution in [0.2, 0.25) is 0 Å². The van der Waals surface area contributed by atoms with E-state index in [9.17, 15) is 4.79 Å². The molecule has 25 heavy (non-hydrogen) atoms. The van der Waals surface area contributed by atoms with Crippen molar-refractivity contribution in [2.75, 3.05) is 19.6 Å². The summed E-state index contributed by atoms with van der Waals surface area (Å²) in [5.41, 5.74) is 1.08. The van der Waals surface area contributed by atoms with Crippen LogP contribution in [0.25, 0.3) is 0 Å². The largest absolute Gasteiger partial charge is 0.357 e. The Labute approximate surface area is 155 Å². The number of thiazole rings is 1. The van der Waals surface area contributed by atoms with E-state index in [1.807, 2.05) is 18.7 Å². The van der Waals surface area contributed by atoms with Gasteiger partial charge in [-0.25, -0.2) is 9.98 Å². The first-order valence-corrected chi connectivity index (χ1v) is 10.1. The van der Waals surface area contributed by atoms with Gasteiger partial charge in [-0.1, -0.05) is 0 Å². The molecule has 1 aromatic heterocycles. The van der Waals surface area contributed by atoms with Gasteiger partial charge in [-0.15, -0.1) is 11.3 Å². The standard InChI is InChI=1S/C18H31N5OS/c1-5-19-18(21-12-16-22-14(3)15(4)25-16)20-10-9-17(24)23-11-7-6-8-13(23)2/h13H,5-12H2,1-4H3,(H2,19,20,21). The number of carbonyl (C=O) groups is 1. The molecule has 1 aliphatic rings. The summed E-state index contributed by atoms with van der Waals surface area (Å²) in [6.07, 6.45) is 3.98. The zero-order valence-corrected chi connectivity index (χ0v) is 16.7. The van der Waals surface area contributed by atoms with Crippen molar-refractivity contribution in [3.05, 3.63) is 15.6 Å². The highest BCUT2D eigenvalue weighted by Gasteiger charge is 2.22. The molecular weight excluding hydrogens is 334 g/mol. The van der Waals surface area contributed by atoms with Crippen molar-refractivity contribution in [3.8, 4) is 0 Å². The van der Waals surface area contributed by atoms with Gasteiger partial charge < -0.3 is 15.5 Å². The van der Waals surface area contributed by atoms with Gasteiger partial charge in [0.05, 0.1) is 12.2 Å². The smallest absolute Gasteiger partial charge is 0.224 e. The number of amides is 1. The van der Waals surface area contributed by atoms with E-state index in [0.29, 0.717) is 25.6 Å². The van der Waals surface area contributed by atoms with Crippen molar-refractivity contribution in [2.24, 2.45) is 4.99 Å². The molecule has 6 nitrogen and oxygen atoms in total. The molecule has 1 aliphatic heterocycles. The van der Waals surface area contributed by atoms with Crippen LogP contribution in [-0.4, -0.2) is 47.4 Å². The number of aliphatic imine (C=N–C) groups is 1. The van der Waals surface area contributed by atoms with Gasteiger partial charge in [0.1, 0.15) is 5.01 Å². The number of nitrogens with zero attached hydrogens (tertiary/aromatic N) is 3. The summed E-state index contributed by atoms with van der Waals surface area (Å²) in [6, 6.07) is 0.375. The average molecular weight is 366 g/mol. The summed E-state index contributed by atoms with van der Waals surface area (Å²) in [5, 5.41) is 7.51. The molecule has 0 aromatic carbocycles. The maximum Gasteiger partial charge on any atom is 0.224 e. The van der Waals surface area contributed by atoms with Crippen LogP contribution < -0.4 is 10.6 Å². The number of carbonyl (C=O) groups excluding carboxylic acids is 1. The van der Waals surface area contributed by atoms with Gasteiger partial charge in [-0.2, -0.15) is 0 Å². The fourth-order valence-corrected chi connectivity index (χ4v) is 3.85. The molecule has 2 heterocycles. The van der Waals surface area contributed by atoms with Crippen LogP contribution in [0.3, 0.4) is 0 Å². The van der Waals surface area contributed by atoms with Crippen molar-refractivity contribution in [1.29, 1.82) is 0 Å². The second-order valence-electron chi connectivity index (χ2n) is 6.55. The van der Waals surface area contributed by atoms with Crippen molar-refractivity contribution < 1.29 is 4.79 Å². The maximum atomic E-state index is 12.4. The zero-order valence-electron chi connectivity index (χ0n) is 15.9. The first-order valence-electron chi connectivity index (χ1n) is 9.25. The summed E-state index contributed by atoms with van der Waals surface area (Å²) in [4.78, 5) is 24.7. The van der Waals surface area contributed by atoms with Crippen LogP contribution >= 0.6 is 11.3 Å². The van der Waals surface area contributed by atoms with E-state index in [1.54, 1.807) is 11.3 Å². The van der Waals surface area contributed by atoms with Crippen LogP contribution in [-0.2, 0) is 11.3 Å². The number of nitrogens with one attached hydrogen (secondary N) is 2. The predicted octanol–water partition coefficient (Wildman–Crippen LogP) is 2.61. The summed E-state index contributed by atoms with van der Waals surface area (Å²) in [5.74, 6) is 0.981. The van der Waals surface area contributed by atoms with Gasteiger partial charge in [-0.3, -0.25) is 4.79 Å². The Bertz CT molecular complexity index is 579. The topological polar surface area (TPSA) is 69.6 Å². The lowest BCUT2D eigenvalue weighted by Crippen LogP contribution is -2.44. The number of guanidine groups is 1. The van der Waals surface area contributed by atoms with Gasteiger partial charge in [0, 0.05) is 37.0 Å². The third-order valence-electron chi connectivity index (χ3n) is 4.54. The van der Waals surface area contributed by atoms with E-state index in [-0.39, 0.29) is 5.91 Å². The van der Waals surface area contributed by atoms with E-state index >= 15 is 0 Å². The Morgan fingerprint density at radius 1 is 1.36 bits per heavy atom. The summed E-state index contributed by atoms with van der Waals surface area (Å²) < 4.78 is 0. The molecule has 1 amide bonds. The summed E-state index contributed by atoms with van der Waals surface area (Å²) in [7, 11) is 0. The quantitative estimate of drug-likeness (QED) is 0.600. The van der Waals surface area contributed by atoms with Crippen molar-refractivity contribution >= 4 is 23.2 Å². The van der Waals surface area contributed by atoms with Crippen molar-refractivity contribution in [2.45, 2.75) is 66.0 Å². The van der Waals surface area contributed by atoms with Gasteiger partial charge in [-0.05, 0) is 47.0 Å². The molecule has 0 aliphatic carbocycles. The highest BCUT2D eigenvalue weighted by atomic mass is 32.1. The summed E-state index contributed by atoms with van der Waals surface area (Å²) >= 11 is 1.69. The van der Waals surface area contributed by atoms with Crippen LogP contribution in [0.1, 0.15) is 55.1 Å². The Balaban J connectivity index is 1.82. The monoisotopic (exact) mass is 365 g/mol. The second-order valence-corrected chi connectivity index (χ2v) is 7.84. The lowest BCUT2D eigenvalue weighted by molar-refractivity contribution is -0.134. The van der Waals surface area contributed by atoms with Gasteiger partial charge in [0.25, 0.3) is 0 Å². The highest BCUT2D eigenvalue weighted by Crippen LogP contribution is 2.17. The van der Waals surface area contributed by atoms with E-state index < -0.39 is 0 Å². The number of piperidine rings is 1. The Hall–Kier alpha value is -1.63. The Morgan fingerprint density at radius 2 is 2.16 bits per heavy atom. The molecule has 0 spiro atoms. The molecule has 1 saturated heterocycles. The fourth-order valence-electron chi connectivity index (χ4n) is 3.00. The minimum atomic E-state index is 0.238. The number of aromatic nitrogens is 1. The Kier molecular flexibility index (Phi) is 7.68. The maximum absolute atomic E-state index is 12.4. The molecule has 1 atom stereocenters. The van der Waals surface area contributed by atoms with E-state index in [2.05, 4.69) is 34.5 Å². The average Bonchev–Trinajstić information content (AvgIpc) is 2.91. The minimum Gasteiger partial charge on any atom is -0.357 e. The molecule has 7 heteroatoms. The number of rotatable bonds is 6.